The third-order valence-electron chi connectivity index (χ3n) is 3.44. The lowest BCUT2D eigenvalue weighted by atomic mass is 10.1. The van der Waals surface area contributed by atoms with E-state index in [4.69, 9.17) is 4.74 Å². The van der Waals surface area contributed by atoms with Gasteiger partial charge < -0.3 is 10.1 Å². The lowest BCUT2D eigenvalue weighted by molar-refractivity contribution is 0.473. The van der Waals surface area contributed by atoms with E-state index in [0.717, 1.165) is 24.3 Å². The van der Waals surface area contributed by atoms with Crippen molar-refractivity contribution >= 4 is 0 Å². The summed E-state index contributed by atoms with van der Waals surface area (Å²) in [7, 11) is 0. The Morgan fingerprint density at radius 3 is 2.62 bits per heavy atom. The van der Waals surface area contributed by atoms with Crippen LogP contribution in [0.3, 0.4) is 0 Å². The highest BCUT2D eigenvalue weighted by Crippen LogP contribution is 2.25. The van der Waals surface area contributed by atoms with Gasteiger partial charge in [0, 0.05) is 12.1 Å². The standard InChI is InChI=1S/C18H22FNO/c1-4-10-20-14(3)15-6-5-7-16(11-15)21-17-9-8-13(2)18(19)12-17/h5-9,11-12,14,20H,4,10H2,1-3H3. The third-order valence-corrected chi connectivity index (χ3v) is 3.44. The molecule has 21 heavy (non-hydrogen) atoms. The van der Waals surface area contributed by atoms with Crippen molar-refractivity contribution in [2.24, 2.45) is 0 Å². The number of rotatable bonds is 6. The molecule has 3 heteroatoms. The van der Waals surface area contributed by atoms with Crippen LogP contribution in [-0.2, 0) is 0 Å². The van der Waals surface area contributed by atoms with Crippen molar-refractivity contribution in [3.05, 3.63) is 59.4 Å². The fourth-order valence-electron chi connectivity index (χ4n) is 2.10. The van der Waals surface area contributed by atoms with Crippen molar-refractivity contribution in [1.29, 1.82) is 0 Å². The first-order valence-electron chi connectivity index (χ1n) is 7.37. The van der Waals surface area contributed by atoms with Crippen molar-refractivity contribution in [3.63, 3.8) is 0 Å². The van der Waals surface area contributed by atoms with E-state index in [1.807, 2.05) is 18.2 Å². The number of halogens is 1. The number of hydrogen-bond donors (Lipinski definition) is 1. The van der Waals surface area contributed by atoms with Crippen LogP contribution in [0.2, 0.25) is 0 Å². The minimum absolute atomic E-state index is 0.248. The Bertz CT molecular complexity index is 598. The van der Waals surface area contributed by atoms with Crippen LogP contribution in [0.5, 0.6) is 11.5 Å². The quantitative estimate of drug-likeness (QED) is 0.808. The second-order valence-corrected chi connectivity index (χ2v) is 5.26. The van der Waals surface area contributed by atoms with Crippen LogP contribution in [-0.4, -0.2) is 6.54 Å². The van der Waals surface area contributed by atoms with E-state index in [-0.39, 0.29) is 11.9 Å². The maximum Gasteiger partial charge on any atom is 0.130 e. The van der Waals surface area contributed by atoms with Gasteiger partial charge in [-0.05, 0) is 56.1 Å². The van der Waals surface area contributed by atoms with Gasteiger partial charge in [0.2, 0.25) is 0 Å². The maximum atomic E-state index is 13.5. The predicted molar refractivity (Wildman–Crippen MR) is 84.4 cm³/mol. The molecule has 1 N–H and O–H groups in total. The van der Waals surface area contributed by atoms with Gasteiger partial charge in [-0.1, -0.05) is 25.1 Å². The molecule has 0 saturated carbocycles. The lowest BCUT2D eigenvalue weighted by Gasteiger charge is -2.15. The Morgan fingerprint density at radius 1 is 1.14 bits per heavy atom. The Morgan fingerprint density at radius 2 is 1.90 bits per heavy atom. The van der Waals surface area contributed by atoms with E-state index >= 15 is 0 Å². The molecule has 0 radical (unpaired) electrons. The highest BCUT2D eigenvalue weighted by molar-refractivity contribution is 5.36. The van der Waals surface area contributed by atoms with Gasteiger partial charge in [0.15, 0.2) is 0 Å². The van der Waals surface area contributed by atoms with E-state index in [2.05, 4.69) is 25.2 Å². The molecule has 0 bridgehead atoms. The summed E-state index contributed by atoms with van der Waals surface area (Å²) in [4.78, 5) is 0. The molecule has 0 heterocycles. The molecule has 0 spiro atoms. The maximum absolute atomic E-state index is 13.5. The largest absolute Gasteiger partial charge is 0.457 e. The summed E-state index contributed by atoms with van der Waals surface area (Å²) in [5, 5.41) is 3.44. The molecular formula is C18H22FNO. The average Bonchev–Trinajstić information content (AvgIpc) is 2.49. The minimum Gasteiger partial charge on any atom is -0.457 e. The summed E-state index contributed by atoms with van der Waals surface area (Å²) < 4.78 is 19.3. The highest BCUT2D eigenvalue weighted by Gasteiger charge is 2.07. The van der Waals surface area contributed by atoms with Crippen molar-refractivity contribution in [1.82, 2.24) is 5.32 Å². The molecule has 2 aromatic rings. The van der Waals surface area contributed by atoms with E-state index in [0.29, 0.717) is 11.3 Å². The van der Waals surface area contributed by atoms with Crippen LogP contribution < -0.4 is 10.1 Å². The summed E-state index contributed by atoms with van der Waals surface area (Å²) in [6, 6.07) is 13.1. The highest BCUT2D eigenvalue weighted by atomic mass is 19.1. The zero-order valence-corrected chi connectivity index (χ0v) is 12.8. The zero-order valence-electron chi connectivity index (χ0n) is 12.8. The summed E-state index contributed by atoms with van der Waals surface area (Å²) >= 11 is 0. The van der Waals surface area contributed by atoms with Gasteiger partial charge >= 0.3 is 0 Å². The first kappa shape index (κ1) is 15.5. The lowest BCUT2D eigenvalue weighted by Crippen LogP contribution is -2.19. The molecule has 2 rings (SSSR count). The molecule has 0 aliphatic rings. The molecule has 0 aromatic heterocycles. The van der Waals surface area contributed by atoms with Gasteiger partial charge in [-0.15, -0.1) is 0 Å². The smallest absolute Gasteiger partial charge is 0.130 e. The Kier molecular flexibility index (Phi) is 5.34. The number of aryl methyl sites for hydroxylation is 1. The summed E-state index contributed by atoms with van der Waals surface area (Å²) in [5.74, 6) is 0.993. The summed E-state index contributed by atoms with van der Waals surface area (Å²) in [6.45, 7) is 6.99. The van der Waals surface area contributed by atoms with Crippen LogP contribution in [0.25, 0.3) is 0 Å². The van der Waals surface area contributed by atoms with Crippen LogP contribution in [0.1, 0.15) is 37.4 Å². The van der Waals surface area contributed by atoms with Crippen molar-refractivity contribution in [2.75, 3.05) is 6.54 Å². The Hall–Kier alpha value is -1.87. The summed E-state index contributed by atoms with van der Waals surface area (Å²) in [6.07, 6.45) is 1.10. The Balaban J connectivity index is 2.11. The number of nitrogens with one attached hydrogen (secondary N) is 1. The zero-order chi connectivity index (χ0) is 15.2. The molecule has 0 fully saturated rings. The molecular weight excluding hydrogens is 265 g/mol. The van der Waals surface area contributed by atoms with E-state index in [1.54, 1.807) is 19.1 Å². The fourth-order valence-corrected chi connectivity index (χ4v) is 2.10. The van der Waals surface area contributed by atoms with Gasteiger partial charge in [-0.25, -0.2) is 4.39 Å². The van der Waals surface area contributed by atoms with Gasteiger partial charge in [0.05, 0.1) is 0 Å². The first-order chi connectivity index (χ1) is 10.1. The van der Waals surface area contributed by atoms with Crippen molar-refractivity contribution in [2.45, 2.75) is 33.2 Å². The fraction of sp³-hybridized carbons (Fsp3) is 0.333. The van der Waals surface area contributed by atoms with Crippen molar-refractivity contribution < 1.29 is 9.13 Å². The second-order valence-electron chi connectivity index (χ2n) is 5.26. The molecule has 2 aromatic carbocycles. The molecule has 0 amide bonds. The topological polar surface area (TPSA) is 21.3 Å². The molecule has 1 atom stereocenters. The summed E-state index contributed by atoms with van der Waals surface area (Å²) in [5.41, 5.74) is 1.78. The number of hydrogen-bond acceptors (Lipinski definition) is 2. The van der Waals surface area contributed by atoms with Crippen molar-refractivity contribution in [3.8, 4) is 11.5 Å². The van der Waals surface area contributed by atoms with Crippen LogP contribution in [0, 0.1) is 12.7 Å². The van der Waals surface area contributed by atoms with E-state index in [9.17, 15) is 4.39 Å². The molecule has 2 nitrogen and oxygen atoms in total. The SMILES string of the molecule is CCCNC(C)c1cccc(Oc2ccc(C)c(F)c2)c1. The van der Waals surface area contributed by atoms with Gasteiger partial charge in [-0.3, -0.25) is 0 Å². The van der Waals surface area contributed by atoms with Crippen LogP contribution >= 0.6 is 0 Å². The van der Waals surface area contributed by atoms with Gasteiger partial charge in [0.1, 0.15) is 17.3 Å². The number of benzene rings is 2. The minimum atomic E-state index is -0.248. The van der Waals surface area contributed by atoms with Gasteiger partial charge in [0.25, 0.3) is 0 Å². The average molecular weight is 287 g/mol. The van der Waals surface area contributed by atoms with Crippen LogP contribution in [0.4, 0.5) is 4.39 Å². The molecule has 0 saturated heterocycles. The monoisotopic (exact) mass is 287 g/mol. The van der Waals surface area contributed by atoms with E-state index in [1.165, 1.54) is 6.07 Å². The predicted octanol–water partition coefficient (Wildman–Crippen LogP) is 4.99. The molecule has 112 valence electrons. The third kappa shape index (κ3) is 4.30. The second kappa shape index (κ2) is 7.23. The molecule has 1 unspecified atom stereocenters. The number of ether oxygens (including phenoxy) is 1. The van der Waals surface area contributed by atoms with Gasteiger partial charge in [-0.2, -0.15) is 0 Å². The molecule has 0 aliphatic carbocycles. The van der Waals surface area contributed by atoms with Crippen LogP contribution in [0.15, 0.2) is 42.5 Å². The van der Waals surface area contributed by atoms with E-state index < -0.39 is 0 Å². The Labute approximate surface area is 126 Å². The normalized spacial score (nSPS) is 12.2. The molecule has 0 aliphatic heterocycles. The first-order valence-corrected chi connectivity index (χ1v) is 7.37.